The predicted molar refractivity (Wildman–Crippen MR) is 126 cm³/mol. The predicted octanol–water partition coefficient (Wildman–Crippen LogP) is 4.81. The van der Waals surface area contributed by atoms with Crippen molar-refractivity contribution in [1.29, 1.82) is 5.26 Å². The fraction of sp³-hybridized carbons (Fsp3) is 0.440. The molecular formula is C25H31ClN2O4. The van der Waals surface area contributed by atoms with Crippen molar-refractivity contribution in [2.45, 2.75) is 56.8 Å². The summed E-state index contributed by atoms with van der Waals surface area (Å²) in [5, 5.41) is 29.9. The van der Waals surface area contributed by atoms with E-state index in [1.165, 1.54) is 12.1 Å². The van der Waals surface area contributed by atoms with Crippen LogP contribution in [-0.4, -0.2) is 52.2 Å². The summed E-state index contributed by atoms with van der Waals surface area (Å²) in [4.78, 5) is 13.3. The Morgan fingerprint density at radius 3 is 2.62 bits per heavy atom. The molecule has 0 aliphatic carbocycles. The van der Waals surface area contributed by atoms with Crippen molar-refractivity contribution < 1.29 is 19.7 Å². The first-order valence-electron chi connectivity index (χ1n) is 10.8. The van der Waals surface area contributed by atoms with Crippen LogP contribution in [0.25, 0.3) is 0 Å². The lowest BCUT2D eigenvalue weighted by Gasteiger charge is -2.41. The minimum atomic E-state index is -1.30. The molecule has 1 saturated heterocycles. The van der Waals surface area contributed by atoms with E-state index >= 15 is 0 Å². The Balaban J connectivity index is 2.35. The van der Waals surface area contributed by atoms with Crippen molar-refractivity contribution in [3.8, 4) is 17.6 Å². The highest BCUT2D eigenvalue weighted by Crippen LogP contribution is 2.34. The summed E-state index contributed by atoms with van der Waals surface area (Å²) in [6.45, 7) is 6.88. The number of nitriles is 1. The molecular weight excluding hydrogens is 428 g/mol. The van der Waals surface area contributed by atoms with E-state index < -0.39 is 5.60 Å². The average molecular weight is 459 g/mol. The van der Waals surface area contributed by atoms with Gasteiger partial charge in [0.15, 0.2) is 11.9 Å². The molecule has 1 aromatic rings. The zero-order chi connectivity index (χ0) is 23.6. The van der Waals surface area contributed by atoms with Crippen LogP contribution in [-0.2, 0) is 0 Å². The van der Waals surface area contributed by atoms with E-state index in [1.54, 1.807) is 6.08 Å². The zero-order valence-corrected chi connectivity index (χ0v) is 19.2. The van der Waals surface area contributed by atoms with Crippen LogP contribution in [0, 0.1) is 11.3 Å². The molecule has 172 valence electrons. The van der Waals surface area contributed by atoms with E-state index in [9.17, 15) is 20.3 Å². The Kier molecular flexibility index (Phi) is 9.98. The van der Waals surface area contributed by atoms with E-state index in [0.29, 0.717) is 50.8 Å². The topological polar surface area (TPSA) is 93.8 Å². The number of hydrogen-bond donors (Lipinski definition) is 2. The summed E-state index contributed by atoms with van der Waals surface area (Å²) in [6, 6.07) is 4.70. The van der Waals surface area contributed by atoms with E-state index in [2.05, 4.69) is 30.6 Å². The summed E-state index contributed by atoms with van der Waals surface area (Å²) >= 11 is 6.34. The minimum Gasteiger partial charge on any atom is -0.507 e. The van der Waals surface area contributed by atoms with Gasteiger partial charge >= 0.3 is 0 Å². The molecule has 2 N–H and O–H groups in total. The summed E-state index contributed by atoms with van der Waals surface area (Å²) in [6.07, 6.45) is 12.8. The van der Waals surface area contributed by atoms with E-state index in [1.807, 2.05) is 18.2 Å². The number of likely N-dealkylation sites (tertiary alicyclic amines) is 1. The second kappa shape index (κ2) is 12.4. The smallest absolute Gasteiger partial charge is 0.153 e. The number of benzene rings is 1. The van der Waals surface area contributed by atoms with Crippen LogP contribution in [0.4, 0.5) is 0 Å². The fourth-order valence-corrected chi connectivity index (χ4v) is 3.99. The standard InChI is InChI=1S/C25H31ClN2O4/c1-3-5-7-9-21(28-13-11-25(31,18-27)12-14-28)23(10-8-6-4-2)32-24-16-22(30)19(17-29)15-20(24)26/h3,5-8,15-17,21,23,30-31H,1,4,9-14H2,2H3/b7-5-,8-6-/t21?,23-/m1/s1. The largest absolute Gasteiger partial charge is 0.507 e. The third-order valence-corrected chi connectivity index (χ3v) is 5.93. The zero-order valence-electron chi connectivity index (χ0n) is 18.4. The molecule has 1 fully saturated rings. The van der Waals surface area contributed by atoms with Crippen LogP contribution in [0.5, 0.6) is 11.5 Å². The molecule has 1 aliphatic heterocycles. The van der Waals surface area contributed by atoms with Gasteiger partial charge in [-0.3, -0.25) is 9.69 Å². The van der Waals surface area contributed by atoms with Gasteiger partial charge in [-0.15, -0.1) is 0 Å². The Labute approximate surface area is 195 Å². The highest BCUT2D eigenvalue weighted by Gasteiger charge is 2.37. The molecule has 2 atom stereocenters. The SMILES string of the molecule is C=C/C=C\CC([C@@H](C/C=C\CC)Oc1cc(O)c(C=O)cc1Cl)N1CCC(O)(C#N)CC1. The fourth-order valence-electron chi connectivity index (χ4n) is 3.77. The van der Waals surface area contributed by atoms with Gasteiger partial charge in [0.2, 0.25) is 0 Å². The monoisotopic (exact) mass is 458 g/mol. The normalized spacial score (nSPS) is 18.3. The molecule has 2 rings (SSSR count). The second-order valence-corrected chi connectivity index (χ2v) is 8.28. The van der Waals surface area contributed by atoms with Gasteiger partial charge in [-0.1, -0.05) is 55.5 Å². The number of hydrogen-bond acceptors (Lipinski definition) is 6. The van der Waals surface area contributed by atoms with Gasteiger partial charge in [-0.25, -0.2) is 0 Å². The summed E-state index contributed by atoms with van der Waals surface area (Å²) in [5.41, 5.74) is -1.20. The van der Waals surface area contributed by atoms with Crippen molar-refractivity contribution in [3.63, 3.8) is 0 Å². The van der Waals surface area contributed by atoms with E-state index in [0.717, 1.165) is 6.42 Å². The lowest BCUT2D eigenvalue weighted by molar-refractivity contribution is -0.0122. The van der Waals surface area contributed by atoms with Gasteiger partial charge in [-0.2, -0.15) is 5.26 Å². The third-order valence-electron chi connectivity index (χ3n) is 5.64. The molecule has 7 heteroatoms. The molecule has 32 heavy (non-hydrogen) atoms. The number of aromatic hydroxyl groups is 1. The van der Waals surface area contributed by atoms with Crippen molar-refractivity contribution in [3.05, 3.63) is 59.7 Å². The number of aldehydes is 1. The molecule has 6 nitrogen and oxygen atoms in total. The van der Waals surface area contributed by atoms with Crippen molar-refractivity contribution in [2.24, 2.45) is 0 Å². The van der Waals surface area contributed by atoms with Gasteiger partial charge < -0.3 is 14.9 Å². The van der Waals surface area contributed by atoms with Crippen LogP contribution in [0.15, 0.2) is 49.1 Å². The minimum absolute atomic E-state index is 0.0695. The summed E-state index contributed by atoms with van der Waals surface area (Å²) in [5.74, 6) is 0.107. The number of phenols is 1. The highest BCUT2D eigenvalue weighted by molar-refractivity contribution is 6.32. The molecule has 0 spiro atoms. The maximum absolute atomic E-state index is 11.1. The van der Waals surface area contributed by atoms with E-state index in [-0.39, 0.29) is 28.5 Å². The molecule has 0 saturated carbocycles. The maximum Gasteiger partial charge on any atom is 0.153 e. The molecule has 1 aliphatic rings. The number of carbonyl (C=O) groups is 1. The first-order chi connectivity index (χ1) is 15.4. The molecule has 1 heterocycles. The number of carbonyl (C=O) groups excluding carboxylic acids is 1. The van der Waals surface area contributed by atoms with Crippen molar-refractivity contribution in [2.75, 3.05) is 13.1 Å². The highest BCUT2D eigenvalue weighted by atomic mass is 35.5. The molecule has 0 radical (unpaired) electrons. The van der Waals surface area contributed by atoms with Gasteiger partial charge in [0.1, 0.15) is 17.6 Å². The lowest BCUT2D eigenvalue weighted by Crippen LogP contribution is -2.52. The van der Waals surface area contributed by atoms with Gasteiger partial charge in [0.25, 0.3) is 0 Å². The Bertz CT molecular complexity index is 883. The lowest BCUT2D eigenvalue weighted by atomic mass is 9.90. The molecule has 1 unspecified atom stereocenters. The molecule has 0 bridgehead atoms. The number of phenolic OH excluding ortho intramolecular Hbond substituents is 1. The summed E-state index contributed by atoms with van der Waals surface area (Å²) < 4.78 is 6.31. The molecule has 0 aromatic heterocycles. The Morgan fingerprint density at radius 2 is 2.03 bits per heavy atom. The van der Waals surface area contributed by atoms with Gasteiger partial charge in [-0.05, 0) is 18.9 Å². The first kappa shape index (κ1) is 25.7. The Morgan fingerprint density at radius 1 is 1.31 bits per heavy atom. The first-order valence-corrected chi connectivity index (χ1v) is 11.2. The van der Waals surface area contributed by atoms with Gasteiger partial charge in [0.05, 0.1) is 22.7 Å². The van der Waals surface area contributed by atoms with Crippen LogP contribution in [0.1, 0.15) is 49.4 Å². The van der Waals surface area contributed by atoms with E-state index in [4.69, 9.17) is 16.3 Å². The second-order valence-electron chi connectivity index (χ2n) is 7.88. The number of ether oxygens (including phenoxy) is 1. The Hall–Kier alpha value is -2.59. The summed E-state index contributed by atoms with van der Waals surface area (Å²) in [7, 11) is 0. The van der Waals surface area contributed by atoms with Crippen LogP contribution >= 0.6 is 11.6 Å². The number of aliphatic hydroxyl groups is 1. The quantitative estimate of drug-likeness (QED) is 0.214. The number of allylic oxidation sites excluding steroid dienone is 3. The third kappa shape index (κ3) is 6.96. The number of piperidine rings is 1. The molecule has 0 amide bonds. The number of nitrogens with zero attached hydrogens (tertiary/aromatic N) is 2. The molecule has 1 aromatic carbocycles. The van der Waals surface area contributed by atoms with Crippen molar-refractivity contribution in [1.82, 2.24) is 4.90 Å². The number of rotatable bonds is 11. The van der Waals surface area contributed by atoms with Crippen molar-refractivity contribution >= 4 is 17.9 Å². The number of halogens is 1. The van der Waals surface area contributed by atoms with Gasteiger partial charge in [0, 0.05) is 38.4 Å². The van der Waals surface area contributed by atoms with Crippen LogP contribution in [0.2, 0.25) is 5.02 Å². The average Bonchev–Trinajstić information content (AvgIpc) is 2.79. The van der Waals surface area contributed by atoms with Crippen LogP contribution in [0.3, 0.4) is 0 Å². The maximum atomic E-state index is 11.1. The van der Waals surface area contributed by atoms with Crippen LogP contribution < -0.4 is 4.74 Å².